The number of piperazine rings is 1. The average Bonchev–Trinajstić information content (AvgIpc) is 2.32. The van der Waals surface area contributed by atoms with Crippen LogP contribution in [-0.2, 0) is 0 Å². The molecular weight excluding hydrogens is 223 g/mol. The van der Waals surface area contributed by atoms with Gasteiger partial charge in [-0.25, -0.2) is 0 Å². The van der Waals surface area contributed by atoms with Crippen LogP contribution in [0.4, 0.5) is 0 Å². The zero-order valence-corrected chi connectivity index (χ0v) is 13.4. The van der Waals surface area contributed by atoms with Gasteiger partial charge >= 0.3 is 51.4 Å². The minimum Gasteiger partial charge on any atom is -0.660 e. The third kappa shape index (κ3) is 5.41. The number of rotatable bonds is 3. The summed E-state index contributed by atoms with van der Waals surface area (Å²) in [4.78, 5) is 2.45. The molecule has 0 atom stereocenters. The van der Waals surface area contributed by atoms with Crippen molar-refractivity contribution < 1.29 is 51.4 Å². The molecule has 1 fully saturated rings. The van der Waals surface area contributed by atoms with Crippen LogP contribution in [0.25, 0.3) is 5.32 Å². The van der Waals surface area contributed by atoms with Gasteiger partial charge in [-0.05, 0) is 31.5 Å². The Balaban J connectivity index is 0.00000128. The van der Waals surface area contributed by atoms with Crippen LogP contribution in [0, 0.1) is 0 Å². The molecule has 0 unspecified atom stereocenters. The van der Waals surface area contributed by atoms with E-state index in [0.717, 1.165) is 32.7 Å². The first-order chi connectivity index (χ1) is 7.45. The van der Waals surface area contributed by atoms with Crippen molar-refractivity contribution in [2.24, 2.45) is 0 Å². The van der Waals surface area contributed by atoms with Gasteiger partial charge in [-0.2, -0.15) is 0 Å². The Morgan fingerprint density at radius 3 is 2.75 bits per heavy atom. The molecule has 1 aliphatic carbocycles. The molecule has 16 heavy (non-hydrogen) atoms. The fourth-order valence-corrected chi connectivity index (χ4v) is 1.93. The summed E-state index contributed by atoms with van der Waals surface area (Å²) in [7, 11) is 0. The van der Waals surface area contributed by atoms with Gasteiger partial charge in [0, 0.05) is 6.54 Å². The van der Waals surface area contributed by atoms with Crippen molar-refractivity contribution in [1.29, 1.82) is 0 Å². The van der Waals surface area contributed by atoms with E-state index < -0.39 is 0 Å². The normalized spacial score (nSPS) is 21.9. The Bertz CT molecular complexity index is 276. The Morgan fingerprint density at radius 1 is 1.25 bits per heavy atom. The van der Waals surface area contributed by atoms with Gasteiger partial charge in [0.05, 0.1) is 0 Å². The Morgan fingerprint density at radius 2 is 2.06 bits per heavy atom. The summed E-state index contributed by atoms with van der Waals surface area (Å²) in [5.41, 5.74) is 1.36. The maximum atomic E-state index is 4.34. The molecule has 2 nitrogen and oxygen atoms in total. The summed E-state index contributed by atoms with van der Waals surface area (Å²) in [6.07, 6.45) is 13.7. The van der Waals surface area contributed by atoms with Gasteiger partial charge in [-0.1, -0.05) is 30.4 Å². The second-order valence-corrected chi connectivity index (χ2v) is 4.06. The first-order valence-electron chi connectivity index (χ1n) is 5.84. The molecule has 2 rings (SSSR count). The molecule has 1 heterocycles. The van der Waals surface area contributed by atoms with E-state index in [4.69, 9.17) is 0 Å². The Hall–Kier alpha value is 0.776. The third-order valence-corrected chi connectivity index (χ3v) is 2.85. The van der Waals surface area contributed by atoms with Gasteiger partial charge in [-0.15, -0.1) is 13.1 Å². The number of allylic oxidation sites excluding steroid dienone is 5. The Kier molecular flexibility index (Phi) is 8.17. The molecule has 2 aliphatic rings. The molecule has 0 spiro atoms. The maximum Gasteiger partial charge on any atom is 1.00 e. The molecule has 0 aromatic rings. The van der Waals surface area contributed by atoms with Crippen molar-refractivity contribution in [2.45, 2.75) is 12.8 Å². The Labute approximate surface area is 141 Å². The van der Waals surface area contributed by atoms with E-state index in [2.05, 4.69) is 40.6 Å². The third-order valence-electron chi connectivity index (χ3n) is 2.85. The molecule has 0 saturated carbocycles. The first-order valence-corrected chi connectivity index (χ1v) is 5.84. The quantitative estimate of drug-likeness (QED) is 0.611. The zero-order valence-electron chi connectivity index (χ0n) is 10.2. The van der Waals surface area contributed by atoms with Crippen LogP contribution in [0.3, 0.4) is 0 Å². The molecular formula is C13H19KN2. The fraction of sp³-hybridized carbons (Fsp3) is 0.538. The van der Waals surface area contributed by atoms with Crippen LogP contribution < -0.4 is 51.4 Å². The van der Waals surface area contributed by atoms with Gasteiger partial charge in [-0.3, -0.25) is 0 Å². The van der Waals surface area contributed by atoms with Crippen molar-refractivity contribution in [3.05, 3.63) is 41.3 Å². The summed E-state index contributed by atoms with van der Waals surface area (Å²) < 4.78 is 0. The van der Waals surface area contributed by atoms with Gasteiger partial charge < -0.3 is 10.2 Å². The summed E-state index contributed by atoms with van der Waals surface area (Å²) in [5.74, 6) is 0. The number of nitrogens with zero attached hydrogens (tertiary/aromatic N) is 2. The van der Waals surface area contributed by atoms with E-state index in [1.54, 1.807) is 0 Å². The van der Waals surface area contributed by atoms with Crippen molar-refractivity contribution in [1.82, 2.24) is 4.90 Å². The molecule has 3 heteroatoms. The van der Waals surface area contributed by atoms with Crippen LogP contribution in [0.5, 0.6) is 0 Å². The topological polar surface area (TPSA) is 17.3 Å². The SMILES string of the molecule is C1=CC(/C=C/CN2CC[N-]CC2)=CCC1.[K+]. The van der Waals surface area contributed by atoms with E-state index in [1.807, 2.05) is 0 Å². The standard InChI is InChI=1S/C13H19N2.K/c1-2-5-13(6-3-1)7-4-10-15-11-8-14-9-12-15;/h2,4-7H,1,3,8-12H2;/q-1;+1/b7-4+;. The van der Waals surface area contributed by atoms with E-state index in [9.17, 15) is 0 Å². The predicted octanol–water partition coefficient (Wildman–Crippen LogP) is -0.488. The largest absolute Gasteiger partial charge is 1.00 e. The maximum absolute atomic E-state index is 4.34. The van der Waals surface area contributed by atoms with Gasteiger partial charge in [0.25, 0.3) is 0 Å². The fourth-order valence-electron chi connectivity index (χ4n) is 1.93. The van der Waals surface area contributed by atoms with Crippen molar-refractivity contribution in [3.63, 3.8) is 0 Å². The van der Waals surface area contributed by atoms with Crippen LogP contribution in [-0.4, -0.2) is 37.6 Å². The molecule has 82 valence electrons. The summed E-state index contributed by atoms with van der Waals surface area (Å²) in [6, 6.07) is 0. The second kappa shape index (κ2) is 8.81. The first kappa shape index (κ1) is 14.8. The number of hydrogen-bond donors (Lipinski definition) is 0. The van der Waals surface area contributed by atoms with E-state index in [1.165, 1.54) is 18.4 Å². The van der Waals surface area contributed by atoms with Crippen LogP contribution >= 0.6 is 0 Å². The second-order valence-electron chi connectivity index (χ2n) is 4.06. The monoisotopic (exact) mass is 242 g/mol. The minimum atomic E-state index is 0. The van der Waals surface area contributed by atoms with Crippen molar-refractivity contribution in [2.75, 3.05) is 32.7 Å². The molecule has 1 aliphatic heterocycles. The zero-order chi connectivity index (χ0) is 10.3. The van der Waals surface area contributed by atoms with Crippen LogP contribution in [0.2, 0.25) is 0 Å². The molecule has 0 bridgehead atoms. The molecule has 1 saturated heterocycles. The van der Waals surface area contributed by atoms with Gasteiger partial charge in [0.15, 0.2) is 0 Å². The summed E-state index contributed by atoms with van der Waals surface area (Å²) in [6.45, 7) is 5.34. The number of hydrogen-bond acceptors (Lipinski definition) is 1. The van der Waals surface area contributed by atoms with Gasteiger partial charge in [0.2, 0.25) is 0 Å². The summed E-state index contributed by atoms with van der Waals surface area (Å²) >= 11 is 0. The smallest absolute Gasteiger partial charge is 0.660 e. The van der Waals surface area contributed by atoms with E-state index >= 15 is 0 Å². The van der Waals surface area contributed by atoms with Gasteiger partial charge in [0.1, 0.15) is 0 Å². The van der Waals surface area contributed by atoms with E-state index in [0.29, 0.717) is 0 Å². The average molecular weight is 242 g/mol. The van der Waals surface area contributed by atoms with E-state index in [-0.39, 0.29) is 51.4 Å². The molecule has 0 amide bonds. The van der Waals surface area contributed by atoms with Crippen LogP contribution in [0.15, 0.2) is 36.0 Å². The minimum absolute atomic E-state index is 0. The van der Waals surface area contributed by atoms with Crippen molar-refractivity contribution >= 4 is 0 Å². The predicted molar refractivity (Wildman–Crippen MR) is 65.1 cm³/mol. The summed E-state index contributed by atoms with van der Waals surface area (Å²) in [5, 5.41) is 4.34. The van der Waals surface area contributed by atoms with Crippen LogP contribution in [0.1, 0.15) is 12.8 Å². The molecule has 0 N–H and O–H groups in total. The molecule has 0 radical (unpaired) electrons. The van der Waals surface area contributed by atoms with Crippen molar-refractivity contribution in [3.8, 4) is 0 Å². The molecule has 0 aromatic carbocycles. The molecule has 0 aromatic heterocycles.